The summed E-state index contributed by atoms with van der Waals surface area (Å²) in [7, 11) is 0. The third-order valence-corrected chi connectivity index (χ3v) is 4.87. The van der Waals surface area contributed by atoms with Gasteiger partial charge in [0.25, 0.3) is 0 Å². The van der Waals surface area contributed by atoms with Crippen molar-refractivity contribution in [2.45, 2.75) is 32.6 Å². The van der Waals surface area contributed by atoms with Crippen molar-refractivity contribution in [3.63, 3.8) is 0 Å². The molecule has 2 aromatic heterocycles. The van der Waals surface area contributed by atoms with Crippen LogP contribution in [-0.2, 0) is 6.42 Å². The normalized spacial score (nSPS) is 14.8. The summed E-state index contributed by atoms with van der Waals surface area (Å²) in [5.74, 6) is 1.79. The number of H-pyrrole nitrogens is 1. The van der Waals surface area contributed by atoms with Gasteiger partial charge >= 0.3 is 0 Å². The number of nitrogens with zero attached hydrogens (tertiary/aromatic N) is 3. The van der Waals surface area contributed by atoms with Gasteiger partial charge in [-0.1, -0.05) is 18.2 Å². The van der Waals surface area contributed by atoms with Gasteiger partial charge in [0.2, 0.25) is 5.95 Å². The Labute approximate surface area is 148 Å². The minimum absolute atomic E-state index is 0.736. The van der Waals surface area contributed by atoms with Crippen molar-refractivity contribution in [3.8, 4) is 0 Å². The van der Waals surface area contributed by atoms with Gasteiger partial charge in [-0.15, -0.1) is 0 Å². The number of rotatable bonds is 5. The smallest absolute Gasteiger partial charge is 0.224 e. The van der Waals surface area contributed by atoms with Crippen molar-refractivity contribution in [2.24, 2.45) is 0 Å². The van der Waals surface area contributed by atoms with Crippen molar-refractivity contribution >= 4 is 22.7 Å². The highest BCUT2D eigenvalue weighted by Crippen LogP contribution is 2.20. The van der Waals surface area contributed by atoms with E-state index in [0.717, 1.165) is 43.5 Å². The molecule has 1 aromatic carbocycles. The Bertz CT molecular complexity index is 848. The molecule has 130 valence electrons. The molecular weight excluding hydrogens is 310 g/mol. The maximum absolute atomic E-state index is 4.73. The van der Waals surface area contributed by atoms with Crippen molar-refractivity contribution in [1.82, 2.24) is 15.0 Å². The quantitative estimate of drug-likeness (QED) is 0.742. The fourth-order valence-electron chi connectivity index (χ4n) is 3.56. The zero-order chi connectivity index (χ0) is 17.1. The maximum atomic E-state index is 4.73. The summed E-state index contributed by atoms with van der Waals surface area (Å²) in [5, 5.41) is 4.70. The first kappa shape index (κ1) is 15.9. The SMILES string of the molecule is Cc1cc(N2CCCCC2)nc(NCCc2c[nH]c3ccccc23)n1. The number of benzene rings is 1. The van der Waals surface area contributed by atoms with Gasteiger partial charge in [0.15, 0.2) is 0 Å². The highest BCUT2D eigenvalue weighted by Gasteiger charge is 2.13. The molecule has 0 unspecified atom stereocenters. The summed E-state index contributed by atoms with van der Waals surface area (Å²) >= 11 is 0. The van der Waals surface area contributed by atoms with Crippen molar-refractivity contribution in [1.29, 1.82) is 0 Å². The van der Waals surface area contributed by atoms with Crippen LogP contribution in [0.15, 0.2) is 36.5 Å². The lowest BCUT2D eigenvalue weighted by Crippen LogP contribution is -2.30. The number of para-hydroxylation sites is 1. The largest absolute Gasteiger partial charge is 0.361 e. The predicted octanol–water partition coefficient (Wildman–Crippen LogP) is 3.91. The fraction of sp³-hybridized carbons (Fsp3) is 0.400. The van der Waals surface area contributed by atoms with Crippen LogP contribution in [0.3, 0.4) is 0 Å². The molecule has 25 heavy (non-hydrogen) atoms. The van der Waals surface area contributed by atoms with Crippen LogP contribution in [0.5, 0.6) is 0 Å². The monoisotopic (exact) mass is 335 g/mol. The van der Waals surface area contributed by atoms with Crippen molar-refractivity contribution in [2.75, 3.05) is 29.9 Å². The van der Waals surface area contributed by atoms with E-state index in [1.54, 1.807) is 0 Å². The molecule has 5 heteroatoms. The fourth-order valence-corrected chi connectivity index (χ4v) is 3.56. The van der Waals surface area contributed by atoms with E-state index >= 15 is 0 Å². The summed E-state index contributed by atoms with van der Waals surface area (Å²) in [6.07, 6.45) is 6.89. The molecule has 5 nitrogen and oxygen atoms in total. The van der Waals surface area contributed by atoms with Crippen LogP contribution in [0.1, 0.15) is 30.5 Å². The number of aryl methyl sites for hydroxylation is 1. The molecule has 0 saturated carbocycles. The third kappa shape index (κ3) is 3.60. The van der Waals surface area contributed by atoms with Crippen LogP contribution < -0.4 is 10.2 Å². The van der Waals surface area contributed by atoms with E-state index in [1.165, 1.54) is 35.7 Å². The summed E-state index contributed by atoms with van der Waals surface area (Å²) < 4.78 is 0. The Balaban J connectivity index is 1.43. The van der Waals surface area contributed by atoms with Gasteiger partial charge in [-0.2, -0.15) is 4.98 Å². The van der Waals surface area contributed by atoms with E-state index in [2.05, 4.69) is 56.7 Å². The van der Waals surface area contributed by atoms with E-state index in [0.29, 0.717) is 0 Å². The molecule has 0 aliphatic carbocycles. The Hall–Kier alpha value is -2.56. The lowest BCUT2D eigenvalue weighted by molar-refractivity contribution is 0.573. The lowest BCUT2D eigenvalue weighted by Gasteiger charge is -2.28. The van der Waals surface area contributed by atoms with Gasteiger partial charge < -0.3 is 15.2 Å². The lowest BCUT2D eigenvalue weighted by atomic mass is 10.1. The standard InChI is InChI=1S/C20H25N5/c1-15-13-19(25-11-5-2-6-12-25)24-20(23-15)21-10-9-16-14-22-18-8-4-3-7-17(16)18/h3-4,7-8,13-14,22H,2,5-6,9-12H2,1H3,(H,21,23,24). The number of piperidine rings is 1. The molecule has 1 aliphatic heterocycles. The number of aromatic amines is 1. The third-order valence-electron chi connectivity index (χ3n) is 4.87. The number of hydrogen-bond donors (Lipinski definition) is 2. The van der Waals surface area contributed by atoms with Crippen molar-refractivity contribution < 1.29 is 0 Å². The van der Waals surface area contributed by atoms with E-state index < -0.39 is 0 Å². The minimum atomic E-state index is 0.736. The van der Waals surface area contributed by atoms with Gasteiger partial charge in [-0.05, 0) is 44.2 Å². The van der Waals surface area contributed by atoms with Crippen LogP contribution in [-0.4, -0.2) is 34.6 Å². The highest BCUT2D eigenvalue weighted by molar-refractivity contribution is 5.83. The van der Waals surface area contributed by atoms with Crippen LogP contribution in [0.4, 0.5) is 11.8 Å². The van der Waals surface area contributed by atoms with Crippen LogP contribution in [0.25, 0.3) is 10.9 Å². The first-order valence-corrected chi connectivity index (χ1v) is 9.19. The molecule has 1 saturated heterocycles. The molecule has 3 aromatic rings. The first-order valence-electron chi connectivity index (χ1n) is 9.19. The number of hydrogen-bond acceptors (Lipinski definition) is 4. The molecule has 1 fully saturated rings. The summed E-state index contributed by atoms with van der Waals surface area (Å²) in [6, 6.07) is 10.5. The highest BCUT2D eigenvalue weighted by atomic mass is 15.2. The average Bonchev–Trinajstić information content (AvgIpc) is 3.05. The van der Waals surface area contributed by atoms with E-state index in [9.17, 15) is 0 Å². The zero-order valence-electron chi connectivity index (χ0n) is 14.8. The number of nitrogens with one attached hydrogen (secondary N) is 2. The molecular formula is C20H25N5. The second-order valence-corrected chi connectivity index (χ2v) is 6.78. The van der Waals surface area contributed by atoms with E-state index in [1.807, 2.05) is 6.92 Å². The second kappa shape index (κ2) is 7.13. The van der Waals surface area contributed by atoms with Gasteiger partial charge in [-0.3, -0.25) is 0 Å². The average molecular weight is 335 g/mol. The Morgan fingerprint density at radius 3 is 2.84 bits per heavy atom. The topological polar surface area (TPSA) is 56.8 Å². The van der Waals surface area contributed by atoms with E-state index in [-0.39, 0.29) is 0 Å². The van der Waals surface area contributed by atoms with Gasteiger partial charge in [0, 0.05) is 48.5 Å². The summed E-state index contributed by atoms with van der Waals surface area (Å²) in [5.41, 5.74) is 3.54. The molecule has 3 heterocycles. The van der Waals surface area contributed by atoms with Gasteiger partial charge in [-0.25, -0.2) is 4.98 Å². The summed E-state index contributed by atoms with van der Waals surface area (Å²) in [6.45, 7) is 5.07. The molecule has 0 spiro atoms. The first-order chi connectivity index (χ1) is 12.3. The zero-order valence-corrected chi connectivity index (χ0v) is 14.8. The van der Waals surface area contributed by atoms with Gasteiger partial charge in [0.05, 0.1) is 0 Å². The molecule has 1 aliphatic rings. The van der Waals surface area contributed by atoms with Crippen LogP contribution >= 0.6 is 0 Å². The van der Waals surface area contributed by atoms with E-state index in [4.69, 9.17) is 4.98 Å². The minimum Gasteiger partial charge on any atom is -0.361 e. The van der Waals surface area contributed by atoms with Crippen LogP contribution in [0.2, 0.25) is 0 Å². The Kier molecular flexibility index (Phi) is 4.55. The maximum Gasteiger partial charge on any atom is 0.224 e. The van der Waals surface area contributed by atoms with Gasteiger partial charge in [0.1, 0.15) is 5.82 Å². The molecule has 0 amide bonds. The molecule has 0 bridgehead atoms. The second-order valence-electron chi connectivity index (χ2n) is 6.78. The predicted molar refractivity (Wildman–Crippen MR) is 103 cm³/mol. The molecule has 2 N–H and O–H groups in total. The number of anilines is 2. The molecule has 0 radical (unpaired) electrons. The summed E-state index contributed by atoms with van der Waals surface area (Å²) in [4.78, 5) is 15.0. The van der Waals surface area contributed by atoms with Crippen LogP contribution in [0, 0.1) is 6.92 Å². The number of fused-ring (bicyclic) bond motifs is 1. The Morgan fingerprint density at radius 1 is 1.12 bits per heavy atom. The Morgan fingerprint density at radius 2 is 1.96 bits per heavy atom. The number of aromatic nitrogens is 3. The molecule has 0 atom stereocenters. The molecule has 4 rings (SSSR count). The van der Waals surface area contributed by atoms with Crippen molar-refractivity contribution in [3.05, 3.63) is 47.8 Å².